The van der Waals surface area contributed by atoms with E-state index in [0.717, 1.165) is 19.3 Å². The Labute approximate surface area is 121 Å². The number of carbonyl (C=O) groups is 1. The lowest BCUT2D eigenvalue weighted by molar-refractivity contribution is -0.187. The fourth-order valence-corrected chi connectivity index (χ4v) is 2.87. The van der Waals surface area contributed by atoms with E-state index in [1.54, 1.807) is 24.3 Å². The summed E-state index contributed by atoms with van der Waals surface area (Å²) < 4.78 is 5.72. The Morgan fingerprint density at radius 3 is 2.35 bits per heavy atom. The van der Waals surface area contributed by atoms with Gasteiger partial charge in [-0.1, -0.05) is 50.6 Å². The molecule has 3 heteroatoms. The van der Waals surface area contributed by atoms with Crippen LogP contribution < -0.4 is 0 Å². The van der Waals surface area contributed by atoms with Crippen LogP contribution in [0.2, 0.25) is 0 Å². The first-order chi connectivity index (χ1) is 9.36. The third-order valence-electron chi connectivity index (χ3n) is 4.80. The van der Waals surface area contributed by atoms with Crippen molar-refractivity contribution in [2.75, 3.05) is 0 Å². The zero-order valence-electron chi connectivity index (χ0n) is 12.6. The van der Waals surface area contributed by atoms with E-state index in [-0.39, 0.29) is 5.41 Å². The van der Waals surface area contributed by atoms with Crippen LogP contribution in [0.5, 0.6) is 0 Å². The molecular weight excluding hydrogens is 252 g/mol. The Morgan fingerprint density at radius 2 is 1.75 bits per heavy atom. The van der Waals surface area contributed by atoms with E-state index in [1.807, 2.05) is 13.0 Å². The highest BCUT2D eigenvalue weighted by Crippen LogP contribution is 2.46. The molecule has 0 spiro atoms. The van der Waals surface area contributed by atoms with Crippen molar-refractivity contribution in [2.24, 2.45) is 5.41 Å². The number of aliphatic hydroxyl groups excluding tert-OH is 1. The standard InChI is InChI=1S/C17H24O3/c1-16(2)11-7-8-12-17(16,3)20-15(19)14(18)13-9-5-4-6-10-13/h4-6,9-10,14,18H,7-8,11-12H2,1-3H3. The molecule has 1 aromatic rings. The predicted octanol–water partition coefficient (Wildman–Crippen LogP) is 3.62. The number of aliphatic hydroxyl groups is 1. The fourth-order valence-electron chi connectivity index (χ4n) is 2.87. The summed E-state index contributed by atoms with van der Waals surface area (Å²) in [7, 11) is 0. The average molecular weight is 276 g/mol. The van der Waals surface area contributed by atoms with Gasteiger partial charge in [-0.25, -0.2) is 4.79 Å². The van der Waals surface area contributed by atoms with Crippen molar-refractivity contribution in [1.82, 2.24) is 0 Å². The Balaban J connectivity index is 2.11. The molecule has 1 fully saturated rings. The zero-order chi connectivity index (χ0) is 14.8. The van der Waals surface area contributed by atoms with Gasteiger partial charge in [0.15, 0.2) is 6.10 Å². The van der Waals surface area contributed by atoms with Crippen molar-refractivity contribution < 1.29 is 14.6 Å². The van der Waals surface area contributed by atoms with Gasteiger partial charge in [0.1, 0.15) is 5.60 Å². The van der Waals surface area contributed by atoms with Crippen LogP contribution in [-0.2, 0) is 9.53 Å². The molecule has 1 saturated carbocycles. The normalized spacial score (nSPS) is 26.8. The fraction of sp³-hybridized carbons (Fsp3) is 0.588. The molecule has 1 N–H and O–H groups in total. The second-order valence-corrected chi connectivity index (χ2v) is 6.56. The number of rotatable bonds is 3. The molecule has 2 unspecified atom stereocenters. The van der Waals surface area contributed by atoms with Crippen molar-refractivity contribution in [3.05, 3.63) is 35.9 Å². The molecule has 0 aromatic heterocycles. The highest BCUT2D eigenvalue weighted by Gasteiger charge is 2.46. The summed E-state index contributed by atoms with van der Waals surface area (Å²) in [6.07, 6.45) is 2.92. The van der Waals surface area contributed by atoms with Crippen LogP contribution in [0.15, 0.2) is 30.3 Å². The molecule has 1 aliphatic carbocycles. The molecule has 2 rings (SSSR count). The number of ether oxygens (including phenoxy) is 1. The molecular formula is C17H24O3. The van der Waals surface area contributed by atoms with Gasteiger partial charge in [0.05, 0.1) is 0 Å². The van der Waals surface area contributed by atoms with Crippen LogP contribution in [0.4, 0.5) is 0 Å². The van der Waals surface area contributed by atoms with E-state index < -0.39 is 17.7 Å². The minimum atomic E-state index is -1.20. The number of carbonyl (C=O) groups excluding carboxylic acids is 1. The Bertz CT molecular complexity index is 466. The summed E-state index contributed by atoms with van der Waals surface area (Å²) in [5.41, 5.74) is 0.0183. The van der Waals surface area contributed by atoms with Gasteiger partial charge in [-0.15, -0.1) is 0 Å². The average Bonchev–Trinajstić information content (AvgIpc) is 2.42. The number of hydrogen-bond donors (Lipinski definition) is 1. The smallest absolute Gasteiger partial charge is 0.340 e. The Hall–Kier alpha value is -1.35. The van der Waals surface area contributed by atoms with E-state index >= 15 is 0 Å². The van der Waals surface area contributed by atoms with Crippen molar-refractivity contribution >= 4 is 5.97 Å². The highest BCUT2D eigenvalue weighted by molar-refractivity contribution is 5.76. The lowest BCUT2D eigenvalue weighted by Gasteiger charge is -2.47. The largest absolute Gasteiger partial charge is 0.457 e. The summed E-state index contributed by atoms with van der Waals surface area (Å²) in [4.78, 5) is 12.2. The SMILES string of the molecule is CC1(C)CCCCC1(C)OC(=O)C(O)c1ccccc1. The summed E-state index contributed by atoms with van der Waals surface area (Å²) in [5, 5.41) is 10.1. The van der Waals surface area contributed by atoms with Crippen molar-refractivity contribution in [3.8, 4) is 0 Å². The summed E-state index contributed by atoms with van der Waals surface area (Å²) >= 11 is 0. The lowest BCUT2D eigenvalue weighted by Crippen LogP contribution is -2.48. The van der Waals surface area contributed by atoms with E-state index in [1.165, 1.54) is 6.42 Å². The molecule has 0 bridgehead atoms. The van der Waals surface area contributed by atoms with Gasteiger partial charge in [-0.2, -0.15) is 0 Å². The molecule has 0 heterocycles. The van der Waals surface area contributed by atoms with Gasteiger partial charge in [0.25, 0.3) is 0 Å². The van der Waals surface area contributed by atoms with Gasteiger partial charge < -0.3 is 9.84 Å². The van der Waals surface area contributed by atoms with E-state index in [0.29, 0.717) is 5.56 Å². The van der Waals surface area contributed by atoms with Crippen LogP contribution in [0.1, 0.15) is 58.1 Å². The maximum Gasteiger partial charge on any atom is 0.340 e. The van der Waals surface area contributed by atoms with Gasteiger partial charge in [-0.3, -0.25) is 0 Å². The number of esters is 1. The first-order valence-corrected chi connectivity index (χ1v) is 7.32. The van der Waals surface area contributed by atoms with Gasteiger partial charge >= 0.3 is 5.97 Å². The molecule has 110 valence electrons. The van der Waals surface area contributed by atoms with Crippen molar-refractivity contribution in [2.45, 2.75) is 58.2 Å². The zero-order valence-corrected chi connectivity index (χ0v) is 12.6. The van der Waals surface area contributed by atoms with Gasteiger partial charge in [0.2, 0.25) is 0 Å². The van der Waals surface area contributed by atoms with Crippen molar-refractivity contribution in [3.63, 3.8) is 0 Å². The van der Waals surface area contributed by atoms with Crippen molar-refractivity contribution in [1.29, 1.82) is 0 Å². The van der Waals surface area contributed by atoms with Gasteiger partial charge in [0, 0.05) is 5.41 Å². The molecule has 0 radical (unpaired) electrons. The second kappa shape index (κ2) is 5.57. The first kappa shape index (κ1) is 15.0. The van der Waals surface area contributed by atoms with E-state index in [2.05, 4.69) is 13.8 Å². The molecule has 3 nitrogen and oxygen atoms in total. The summed E-state index contributed by atoms with van der Waals surface area (Å²) in [6, 6.07) is 8.93. The molecule has 1 aliphatic rings. The minimum absolute atomic E-state index is 0.0582. The van der Waals surface area contributed by atoms with Gasteiger partial charge in [-0.05, 0) is 31.7 Å². The highest BCUT2D eigenvalue weighted by atomic mass is 16.6. The Kier molecular flexibility index (Phi) is 4.19. The predicted molar refractivity (Wildman–Crippen MR) is 78.1 cm³/mol. The topological polar surface area (TPSA) is 46.5 Å². The van der Waals surface area contributed by atoms with Crippen LogP contribution in [0.3, 0.4) is 0 Å². The van der Waals surface area contributed by atoms with E-state index in [9.17, 15) is 9.90 Å². The summed E-state index contributed by atoms with van der Waals surface area (Å²) in [5.74, 6) is -0.548. The molecule has 0 amide bonds. The number of benzene rings is 1. The minimum Gasteiger partial charge on any atom is -0.457 e. The quantitative estimate of drug-likeness (QED) is 0.858. The summed E-state index contributed by atoms with van der Waals surface area (Å²) in [6.45, 7) is 6.25. The van der Waals surface area contributed by atoms with Crippen LogP contribution in [0.25, 0.3) is 0 Å². The molecule has 1 aromatic carbocycles. The van der Waals surface area contributed by atoms with Crippen LogP contribution >= 0.6 is 0 Å². The monoisotopic (exact) mass is 276 g/mol. The maximum absolute atomic E-state index is 12.2. The molecule has 0 aliphatic heterocycles. The maximum atomic E-state index is 12.2. The van der Waals surface area contributed by atoms with Crippen LogP contribution in [-0.4, -0.2) is 16.7 Å². The molecule has 2 atom stereocenters. The molecule has 20 heavy (non-hydrogen) atoms. The first-order valence-electron chi connectivity index (χ1n) is 7.32. The lowest BCUT2D eigenvalue weighted by atomic mass is 9.66. The molecule has 0 saturated heterocycles. The van der Waals surface area contributed by atoms with E-state index in [4.69, 9.17) is 4.74 Å². The van der Waals surface area contributed by atoms with Crippen LogP contribution in [0, 0.1) is 5.41 Å². The number of hydrogen-bond acceptors (Lipinski definition) is 3. The third kappa shape index (κ3) is 2.88. The third-order valence-corrected chi connectivity index (χ3v) is 4.80. The Morgan fingerprint density at radius 1 is 1.15 bits per heavy atom. The second-order valence-electron chi connectivity index (χ2n) is 6.56.